The minimum atomic E-state index is 0.876. The van der Waals surface area contributed by atoms with Crippen molar-refractivity contribution in [3.05, 3.63) is 0 Å². The highest BCUT2D eigenvalue weighted by Gasteiger charge is 2.30. The van der Waals surface area contributed by atoms with Gasteiger partial charge in [-0.05, 0) is 57.8 Å². The number of rotatable bonds is 2. The van der Waals surface area contributed by atoms with Crippen molar-refractivity contribution in [1.29, 1.82) is 0 Å². The Labute approximate surface area is 94.6 Å². The Kier molecular flexibility index (Phi) is 3.68. The predicted molar refractivity (Wildman–Crippen MR) is 65.0 cm³/mol. The van der Waals surface area contributed by atoms with E-state index < -0.39 is 0 Å². The smallest absolute Gasteiger partial charge is 0.0120 e. The van der Waals surface area contributed by atoms with Crippen molar-refractivity contribution in [3.8, 4) is 0 Å². The minimum Gasteiger partial charge on any atom is -0.306 e. The van der Waals surface area contributed by atoms with Crippen molar-refractivity contribution in [2.75, 3.05) is 33.2 Å². The largest absolute Gasteiger partial charge is 0.306 e. The molecule has 1 atom stereocenters. The Morgan fingerprint density at radius 2 is 1.67 bits per heavy atom. The molecule has 0 aromatic carbocycles. The summed E-state index contributed by atoms with van der Waals surface area (Å²) < 4.78 is 0. The standard InChI is InChI=1S/C13H26N2/c1-11(2)12-4-9-15(10-12)13-5-7-14(3)8-6-13/h11-13H,4-10H2,1-3H3. The van der Waals surface area contributed by atoms with Crippen molar-refractivity contribution in [3.63, 3.8) is 0 Å². The van der Waals surface area contributed by atoms with Gasteiger partial charge in [-0.1, -0.05) is 13.8 Å². The summed E-state index contributed by atoms with van der Waals surface area (Å²) in [5, 5.41) is 0. The van der Waals surface area contributed by atoms with E-state index in [-0.39, 0.29) is 0 Å². The maximum atomic E-state index is 2.76. The molecule has 2 rings (SSSR count). The number of piperidine rings is 1. The fourth-order valence-corrected chi connectivity index (χ4v) is 3.05. The Balaban J connectivity index is 1.80. The summed E-state index contributed by atoms with van der Waals surface area (Å²) in [4.78, 5) is 5.23. The highest BCUT2D eigenvalue weighted by atomic mass is 15.2. The molecule has 2 heteroatoms. The van der Waals surface area contributed by atoms with Crippen LogP contribution in [0.25, 0.3) is 0 Å². The first-order valence-electron chi connectivity index (χ1n) is 6.59. The van der Waals surface area contributed by atoms with E-state index in [1.807, 2.05) is 0 Å². The second-order valence-electron chi connectivity index (χ2n) is 5.82. The van der Waals surface area contributed by atoms with Gasteiger partial charge < -0.3 is 4.90 Å². The Bertz CT molecular complexity index is 195. The zero-order valence-electron chi connectivity index (χ0n) is 10.6. The summed E-state index contributed by atoms with van der Waals surface area (Å²) in [7, 11) is 2.25. The molecule has 0 aromatic rings. The normalized spacial score (nSPS) is 31.6. The van der Waals surface area contributed by atoms with Gasteiger partial charge in [-0.3, -0.25) is 4.90 Å². The van der Waals surface area contributed by atoms with Crippen LogP contribution >= 0.6 is 0 Å². The van der Waals surface area contributed by atoms with Gasteiger partial charge in [0.25, 0.3) is 0 Å². The Hall–Kier alpha value is -0.0800. The zero-order valence-corrected chi connectivity index (χ0v) is 10.6. The molecule has 0 bridgehead atoms. The first-order chi connectivity index (χ1) is 7.16. The van der Waals surface area contributed by atoms with E-state index in [0.717, 1.165) is 17.9 Å². The summed E-state index contributed by atoms with van der Waals surface area (Å²) >= 11 is 0. The number of hydrogen-bond donors (Lipinski definition) is 0. The van der Waals surface area contributed by atoms with Gasteiger partial charge in [0.1, 0.15) is 0 Å². The topological polar surface area (TPSA) is 6.48 Å². The van der Waals surface area contributed by atoms with E-state index in [1.54, 1.807) is 0 Å². The average Bonchev–Trinajstić information content (AvgIpc) is 2.68. The molecule has 15 heavy (non-hydrogen) atoms. The predicted octanol–water partition coefficient (Wildman–Crippen LogP) is 2.06. The third-order valence-corrected chi connectivity index (χ3v) is 4.40. The molecule has 0 N–H and O–H groups in total. The van der Waals surface area contributed by atoms with E-state index in [1.165, 1.54) is 45.4 Å². The lowest BCUT2D eigenvalue weighted by atomic mass is 9.95. The third kappa shape index (κ3) is 2.73. The summed E-state index contributed by atoms with van der Waals surface area (Å²) in [5.74, 6) is 1.84. The van der Waals surface area contributed by atoms with Crippen LogP contribution in [0.2, 0.25) is 0 Å². The van der Waals surface area contributed by atoms with E-state index in [0.29, 0.717) is 0 Å². The number of hydrogen-bond acceptors (Lipinski definition) is 2. The average molecular weight is 210 g/mol. The van der Waals surface area contributed by atoms with Crippen LogP contribution in [0, 0.1) is 11.8 Å². The molecule has 2 saturated heterocycles. The Morgan fingerprint density at radius 1 is 1.00 bits per heavy atom. The third-order valence-electron chi connectivity index (χ3n) is 4.40. The summed E-state index contributed by atoms with van der Waals surface area (Å²) in [6.45, 7) is 10.1. The lowest BCUT2D eigenvalue weighted by molar-refractivity contribution is 0.137. The van der Waals surface area contributed by atoms with Crippen LogP contribution in [0.5, 0.6) is 0 Å². The van der Waals surface area contributed by atoms with Crippen molar-refractivity contribution in [2.24, 2.45) is 11.8 Å². The van der Waals surface area contributed by atoms with Gasteiger partial charge in [0.2, 0.25) is 0 Å². The molecular formula is C13H26N2. The highest BCUT2D eigenvalue weighted by Crippen LogP contribution is 2.28. The molecule has 88 valence electrons. The monoisotopic (exact) mass is 210 g/mol. The van der Waals surface area contributed by atoms with Gasteiger partial charge in [-0.25, -0.2) is 0 Å². The molecule has 0 aliphatic carbocycles. The molecule has 0 spiro atoms. The van der Waals surface area contributed by atoms with Gasteiger partial charge >= 0.3 is 0 Å². The van der Waals surface area contributed by atoms with Gasteiger partial charge in [-0.15, -0.1) is 0 Å². The molecule has 2 heterocycles. The van der Waals surface area contributed by atoms with E-state index in [2.05, 4.69) is 30.7 Å². The molecular weight excluding hydrogens is 184 g/mol. The molecule has 0 radical (unpaired) electrons. The van der Waals surface area contributed by atoms with Crippen molar-refractivity contribution >= 4 is 0 Å². The number of nitrogens with zero attached hydrogens (tertiary/aromatic N) is 2. The van der Waals surface area contributed by atoms with Crippen LogP contribution in [-0.4, -0.2) is 49.1 Å². The number of likely N-dealkylation sites (tertiary alicyclic amines) is 2. The van der Waals surface area contributed by atoms with Crippen LogP contribution in [0.4, 0.5) is 0 Å². The van der Waals surface area contributed by atoms with E-state index in [4.69, 9.17) is 0 Å². The Morgan fingerprint density at radius 3 is 2.20 bits per heavy atom. The first-order valence-corrected chi connectivity index (χ1v) is 6.59. The van der Waals surface area contributed by atoms with E-state index >= 15 is 0 Å². The maximum Gasteiger partial charge on any atom is 0.0120 e. The molecule has 0 saturated carbocycles. The lowest BCUT2D eigenvalue weighted by Crippen LogP contribution is -2.42. The molecule has 1 unspecified atom stereocenters. The highest BCUT2D eigenvalue weighted by molar-refractivity contribution is 4.85. The summed E-state index contributed by atoms with van der Waals surface area (Å²) in [5.41, 5.74) is 0. The van der Waals surface area contributed by atoms with Crippen molar-refractivity contribution in [1.82, 2.24) is 9.80 Å². The van der Waals surface area contributed by atoms with Crippen LogP contribution in [0.3, 0.4) is 0 Å². The maximum absolute atomic E-state index is 2.76. The first kappa shape index (κ1) is 11.4. The SMILES string of the molecule is CC(C)C1CCN(C2CCN(C)CC2)C1. The van der Waals surface area contributed by atoms with E-state index in [9.17, 15) is 0 Å². The molecule has 2 aliphatic rings. The quantitative estimate of drug-likeness (QED) is 0.688. The lowest BCUT2D eigenvalue weighted by Gasteiger charge is -2.35. The van der Waals surface area contributed by atoms with Crippen LogP contribution < -0.4 is 0 Å². The van der Waals surface area contributed by atoms with Crippen LogP contribution in [-0.2, 0) is 0 Å². The second kappa shape index (κ2) is 4.84. The van der Waals surface area contributed by atoms with Crippen LogP contribution in [0.15, 0.2) is 0 Å². The van der Waals surface area contributed by atoms with Gasteiger partial charge in [0.05, 0.1) is 0 Å². The van der Waals surface area contributed by atoms with Gasteiger partial charge in [0, 0.05) is 12.6 Å². The fourth-order valence-electron chi connectivity index (χ4n) is 3.05. The fraction of sp³-hybridized carbons (Fsp3) is 1.00. The zero-order chi connectivity index (χ0) is 10.8. The molecule has 0 aromatic heterocycles. The molecule has 2 fully saturated rings. The molecule has 0 amide bonds. The van der Waals surface area contributed by atoms with Crippen LogP contribution in [0.1, 0.15) is 33.1 Å². The van der Waals surface area contributed by atoms with Gasteiger partial charge in [0.15, 0.2) is 0 Å². The second-order valence-corrected chi connectivity index (χ2v) is 5.82. The van der Waals surface area contributed by atoms with Gasteiger partial charge in [-0.2, -0.15) is 0 Å². The summed E-state index contributed by atoms with van der Waals surface area (Å²) in [6, 6.07) is 0.893. The molecule has 2 nitrogen and oxygen atoms in total. The van der Waals surface area contributed by atoms with Crippen molar-refractivity contribution < 1.29 is 0 Å². The summed E-state index contributed by atoms with van der Waals surface area (Å²) in [6.07, 6.45) is 4.21. The minimum absolute atomic E-state index is 0.876. The molecule has 2 aliphatic heterocycles. The van der Waals surface area contributed by atoms with Crippen molar-refractivity contribution in [2.45, 2.75) is 39.2 Å².